The second kappa shape index (κ2) is 14.4. The molecule has 0 bridgehead atoms. The highest BCUT2D eigenvalue weighted by molar-refractivity contribution is 14.1. The van der Waals surface area contributed by atoms with Crippen LogP contribution in [-0.4, -0.2) is 31.2 Å². The van der Waals surface area contributed by atoms with Gasteiger partial charge in [0.25, 0.3) is 5.56 Å². The number of nitrogens with one attached hydrogen (secondary N) is 1. The van der Waals surface area contributed by atoms with Gasteiger partial charge in [0, 0.05) is 16.5 Å². The van der Waals surface area contributed by atoms with Crippen molar-refractivity contribution in [2.75, 3.05) is 4.93 Å². The number of carbonyl (C=O) groups excluding carboxylic acids is 1. The molecule has 0 fully saturated rings. The summed E-state index contributed by atoms with van der Waals surface area (Å²) in [7, 11) is 0. The second-order valence-corrected chi connectivity index (χ2v) is 9.14. The minimum Gasteiger partial charge on any atom is -0.458 e. The molecule has 6 aromatic rings. The Morgan fingerprint density at radius 1 is 0.850 bits per heavy atom. The fraction of sp³-hybridized carbons (Fsp3) is 0.107. The molecule has 0 saturated heterocycles. The van der Waals surface area contributed by atoms with E-state index in [0.29, 0.717) is 39.6 Å². The summed E-state index contributed by atoms with van der Waals surface area (Å²) in [6.07, 6.45) is 3.43. The van der Waals surface area contributed by atoms with Crippen LogP contribution in [0.15, 0.2) is 86.9 Å². The second-order valence-electron chi connectivity index (χ2n) is 7.68. The molecule has 0 unspecified atom stereocenters. The van der Waals surface area contributed by atoms with E-state index in [0.717, 1.165) is 22.0 Å². The monoisotopic (exact) mass is 710 g/mol. The summed E-state index contributed by atoms with van der Waals surface area (Å²) in [6, 6.07) is 17.7. The molecule has 0 saturated carbocycles. The Morgan fingerprint density at radius 2 is 1.48 bits per heavy atom. The van der Waals surface area contributed by atoms with Crippen LogP contribution in [0.1, 0.15) is 28.6 Å². The van der Waals surface area contributed by atoms with Gasteiger partial charge in [-0.25, -0.2) is 15.0 Å². The Bertz CT molecular complexity index is 1800. The van der Waals surface area contributed by atoms with Crippen LogP contribution < -0.4 is 5.56 Å². The average molecular weight is 712 g/mol. The van der Waals surface area contributed by atoms with E-state index in [1.165, 1.54) is 12.7 Å². The summed E-state index contributed by atoms with van der Waals surface area (Å²) in [5.41, 5.74) is 2.79. The molecule has 4 aromatic heterocycles. The van der Waals surface area contributed by atoms with Gasteiger partial charge < -0.3 is 13.8 Å². The molecule has 0 amide bonds. The van der Waals surface area contributed by atoms with Crippen LogP contribution in [0.2, 0.25) is 5.15 Å². The van der Waals surface area contributed by atoms with Crippen molar-refractivity contribution in [2.24, 2.45) is 0 Å². The maximum absolute atomic E-state index is 11.6. The van der Waals surface area contributed by atoms with Gasteiger partial charge in [-0.15, -0.1) is 0 Å². The van der Waals surface area contributed by atoms with Crippen molar-refractivity contribution in [1.82, 2.24) is 19.9 Å². The molecule has 1 N–H and O–H groups in total. The summed E-state index contributed by atoms with van der Waals surface area (Å²) in [6.45, 7) is 0. The quantitative estimate of drug-likeness (QED) is 0.0842. The first kappa shape index (κ1) is 31.3. The van der Waals surface area contributed by atoms with Gasteiger partial charge in [-0.2, -0.15) is 0 Å². The Labute approximate surface area is 257 Å². The maximum atomic E-state index is 11.6. The van der Waals surface area contributed by atoms with Crippen molar-refractivity contribution in [2.45, 2.75) is 12.3 Å². The molecule has 12 heteroatoms. The first-order valence-electron chi connectivity index (χ1n) is 11.1. The zero-order chi connectivity index (χ0) is 27.9. The molecule has 0 atom stereocenters. The van der Waals surface area contributed by atoms with E-state index >= 15 is 0 Å². The summed E-state index contributed by atoms with van der Waals surface area (Å²) in [4.78, 5) is 38.2. The first-order chi connectivity index (χ1) is 18.9. The number of nitrogens with zero attached hydrogens (tertiary/aromatic N) is 3. The fourth-order valence-electron chi connectivity index (χ4n) is 3.60. The van der Waals surface area contributed by atoms with Crippen LogP contribution in [0.5, 0.6) is 0 Å². The van der Waals surface area contributed by atoms with Gasteiger partial charge in [0.1, 0.15) is 28.8 Å². The van der Waals surface area contributed by atoms with Gasteiger partial charge in [-0.3, -0.25) is 9.59 Å². The third-order valence-electron chi connectivity index (χ3n) is 5.38. The molecule has 40 heavy (non-hydrogen) atoms. The van der Waals surface area contributed by atoms with Gasteiger partial charge in [0.2, 0.25) is 0 Å². The van der Waals surface area contributed by atoms with E-state index in [1.54, 1.807) is 36.4 Å². The SMILES string of the molecule is C.CI.Clc1ncnc2ccc(-c3ccc(C(Cl)Cl)o3)cc12.O=Cc1ccc(-c2ccc3nc[nH]c(=O)c3c2)o1. The highest BCUT2D eigenvalue weighted by Crippen LogP contribution is 2.32. The smallest absolute Gasteiger partial charge is 0.258 e. The number of alkyl halides is 3. The number of aromatic nitrogens is 4. The number of benzene rings is 2. The Balaban J connectivity index is 0.000000203. The van der Waals surface area contributed by atoms with E-state index in [9.17, 15) is 9.59 Å². The van der Waals surface area contributed by atoms with Crippen molar-refractivity contribution in [3.8, 4) is 22.6 Å². The minimum atomic E-state index is -0.680. The minimum absolute atomic E-state index is 0. The van der Waals surface area contributed by atoms with Gasteiger partial charge in [0.05, 0.1) is 22.7 Å². The molecule has 206 valence electrons. The van der Waals surface area contributed by atoms with Crippen LogP contribution >= 0.6 is 57.4 Å². The Kier molecular flexibility index (Phi) is 11.3. The molecule has 8 nitrogen and oxygen atoms in total. The Morgan fingerprint density at radius 3 is 2.10 bits per heavy atom. The third kappa shape index (κ3) is 7.08. The van der Waals surface area contributed by atoms with E-state index < -0.39 is 4.84 Å². The number of hydrogen-bond donors (Lipinski definition) is 1. The molecule has 0 aliphatic rings. The largest absolute Gasteiger partial charge is 0.458 e. The van der Waals surface area contributed by atoms with Crippen molar-refractivity contribution in [3.63, 3.8) is 0 Å². The fourth-order valence-corrected chi connectivity index (χ4v) is 4.03. The topological polar surface area (TPSA) is 115 Å². The van der Waals surface area contributed by atoms with E-state index in [-0.39, 0.29) is 18.7 Å². The number of furan rings is 2. The number of rotatable bonds is 4. The number of halogens is 4. The van der Waals surface area contributed by atoms with Gasteiger partial charge in [-0.1, -0.05) is 64.8 Å². The Hall–Kier alpha value is -3.25. The number of hydrogen-bond acceptors (Lipinski definition) is 7. The number of aromatic amines is 1. The number of fused-ring (bicyclic) bond motifs is 2. The van der Waals surface area contributed by atoms with E-state index in [1.807, 2.05) is 29.2 Å². The van der Waals surface area contributed by atoms with Crippen LogP contribution in [0.3, 0.4) is 0 Å². The molecule has 6 rings (SSSR count). The summed E-state index contributed by atoms with van der Waals surface area (Å²) in [5, 5.41) is 1.66. The molecule has 0 aliphatic carbocycles. The highest BCUT2D eigenvalue weighted by Gasteiger charge is 2.12. The van der Waals surface area contributed by atoms with Gasteiger partial charge >= 0.3 is 0 Å². The number of carbonyl (C=O) groups is 1. The highest BCUT2D eigenvalue weighted by atomic mass is 127. The van der Waals surface area contributed by atoms with Crippen LogP contribution in [-0.2, 0) is 0 Å². The third-order valence-corrected chi connectivity index (χ3v) is 6.11. The standard InChI is InChI=1S/C13H7Cl3N2O.C13H8N2O3.CH3I.CH4/c14-12(15)11-4-3-10(19-11)7-1-2-9-8(5-7)13(16)18-6-17-9;16-6-9-2-4-12(18-9)8-1-3-11-10(5-8)13(17)15-7-14-11;1-2;/h1-6,12H;1-7H,(H,14,15,17);1H3;1H4. The molecule has 0 spiro atoms. The maximum Gasteiger partial charge on any atom is 0.258 e. The lowest BCUT2D eigenvalue weighted by Gasteiger charge is -2.02. The zero-order valence-electron chi connectivity index (χ0n) is 20.1. The zero-order valence-corrected chi connectivity index (χ0v) is 24.5. The average Bonchev–Trinajstić information content (AvgIpc) is 3.66. The number of H-pyrrole nitrogens is 1. The van der Waals surface area contributed by atoms with Gasteiger partial charge in [0.15, 0.2) is 16.9 Å². The van der Waals surface area contributed by atoms with Crippen molar-refractivity contribution < 1.29 is 13.6 Å². The van der Waals surface area contributed by atoms with Crippen molar-refractivity contribution in [3.05, 3.63) is 100 Å². The predicted octanol–water partition coefficient (Wildman–Crippen LogP) is 8.70. The summed E-state index contributed by atoms with van der Waals surface area (Å²) < 4.78 is 10.9. The molecular weight excluding hydrogens is 690 g/mol. The summed E-state index contributed by atoms with van der Waals surface area (Å²) >= 11 is 19.7. The van der Waals surface area contributed by atoms with Crippen molar-refractivity contribution in [1.29, 1.82) is 0 Å². The van der Waals surface area contributed by atoms with Crippen LogP contribution in [0.25, 0.3) is 44.5 Å². The molecule has 2 aromatic carbocycles. The van der Waals surface area contributed by atoms with Crippen LogP contribution in [0.4, 0.5) is 0 Å². The van der Waals surface area contributed by atoms with Crippen molar-refractivity contribution >= 4 is 85.5 Å². The normalized spacial score (nSPS) is 10.3. The predicted molar refractivity (Wildman–Crippen MR) is 169 cm³/mol. The molecular formula is C28H22Cl3IN4O4. The first-order valence-corrected chi connectivity index (χ1v) is 14.5. The van der Waals surface area contributed by atoms with E-state index in [4.69, 9.17) is 43.6 Å². The number of aldehydes is 1. The molecule has 0 aliphatic heterocycles. The lowest BCUT2D eigenvalue weighted by Crippen LogP contribution is -2.05. The van der Waals surface area contributed by atoms with Gasteiger partial charge in [-0.05, 0) is 65.6 Å². The summed E-state index contributed by atoms with van der Waals surface area (Å²) in [5.74, 6) is 1.98. The molecule has 0 radical (unpaired) electrons. The lowest BCUT2D eigenvalue weighted by atomic mass is 10.1. The van der Waals surface area contributed by atoms with E-state index in [2.05, 4.69) is 42.5 Å². The molecule has 4 heterocycles. The lowest BCUT2D eigenvalue weighted by molar-refractivity contribution is 0.110. The van der Waals surface area contributed by atoms with Crippen LogP contribution in [0, 0.1) is 0 Å².